The predicted octanol–water partition coefficient (Wildman–Crippen LogP) is 3.14. The lowest BCUT2D eigenvalue weighted by Crippen LogP contribution is -2.55. The summed E-state index contributed by atoms with van der Waals surface area (Å²) in [5, 5.41) is 8.51. The number of piperidine rings is 1. The zero-order chi connectivity index (χ0) is 22.1. The molecule has 0 spiro atoms. The molecule has 0 radical (unpaired) electrons. The number of carbonyl (C=O) groups excluding carboxylic acids is 1. The second kappa shape index (κ2) is 7.95. The van der Waals surface area contributed by atoms with Crippen molar-refractivity contribution in [3.63, 3.8) is 0 Å². The Labute approximate surface area is 181 Å². The van der Waals surface area contributed by atoms with Gasteiger partial charge in [0.05, 0.1) is 30.1 Å². The number of carbonyl (C=O) groups is 1. The monoisotopic (exact) mass is 436 g/mol. The van der Waals surface area contributed by atoms with Gasteiger partial charge < -0.3 is 9.64 Å². The van der Waals surface area contributed by atoms with Crippen molar-refractivity contribution < 1.29 is 18.3 Å². The maximum atomic E-state index is 14.6. The van der Waals surface area contributed by atoms with Crippen molar-refractivity contribution in [3.8, 4) is 11.6 Å². The maximum absolute atomic E-state index is 14.6. The quantitative estimate of drug-likeness (QED) is 0.489. The third-order valence-corrected chi connectivity index (χ3v) is 5.35. The molecule has 0 unspecified atom stereocenters. The fraction of sp³-hybridized carbons (Fsp3) is 0.227. The highest BCUT2D eigenvalue weighted by atomic mass is 19.3. The van der Waals surface area contributed by atoms with Gasteiger partial charge in [0.1, 0.15) is 5.69 Å². The van der Waals surface area contributed by atoms with Crippen molar-refractivity contribution in [2.45, 2.75) is 18.4 Å². The van der Waals surface area contributed by atoms with Crippen molar-refractivity contribution in [2.75, 3.05) is 13.1 Å². The maximum Gasteiger partial charge on any atom is 0.287 e. The van der Waals surface area contributed by atoms with Gasteiger partial charge in [0.25, 0.3) is 11.8 Å². The molecule has 162 valence electrons. The molecule has 32 heavy (non-hydrogen) atoms. The summed E-state index contributed by atoms with van der Waals surface area (Å²) in [6, 6.07) is 13.9. The first-order valence-corrected chi connectivity index (χ1v) is 10.0. The van der Waals surface area contributed by atoms with Crippen molar-refractivity contribution in [1.29, 1.82) is 0 Å². The van der Waals surface area contributed by atoms with Gasteiger partial charge in [0.15, 0.2) is 6.10 Å². The fourth-order valence-electron chi connectivity index (χ4n) is 3.62. The summed E-state index contributed by atoms with van der Waals surface area (Å²) in [4.78, 5) is 22.8. The summed E-state index contributed by atoms with van der Waals surface area (Å²) in [7, 11) is 0. The summed E-state index contributed by atoms with van der Waals surface area (Å²) in [6.07, 6.45) is 2.57. The summed E-state index contributed by atoms with van der Waals surface area (Å²) < 4.78 is 36.3. The number of hydrogen-bond acceptors (Lipinski definition) is 6. The van der Waals surface area contributed by atoms with Crippen molar-refractivity contribution >= 4 is 16.8 Å². The Morgan fingerprint density at radius 2 is 2.00 bits per heavy atom. The molecule has 4 aromatic rings. The first-order valence-electron chi connectivity index (χ1n) is 10.0. The van der Waals surface area contributed by atoms with Crippen LogP contribution in [0.25, 0.3) is 16.6 Å². The zero-order valence-corrected chi connectivity index (χ0v) is 16.8. The minimum atomic E-state index is -3.10. The number of rotatable bonds is 4. The minimum Gasteiger partial charge on any atom is -0.466 e. The molecular formula is C22H18F2N6O2. The number of alkyl halides is 2. The molecule has 0 saturated carbocycles. The van der Waals surface area contributed by atoms with E-state index in [1.807, 2.05) is 18.2 Å². The van der Waals surface area contributed by atoms with Crippen LogP contribution in [-0.2, 0) is 0 Å². The second-order valence-electron chi connectivity index (χ2n) is 7.46. The highest BCUT2D eigenvalue weighted by Crippen LogP contribution is 2.32. The van der Waals surface area contributed by atoms with Gasteiger partial charge in [0.2, 0.25) is 5.88 Å². The van der Waals surface area contributed by atoms with Crippen molar-refractivity contribution in [3.05, 3.63) is 72.8 Å². The molecule has 1 aliphatic heterocycles. The van der Waals surface area contributed by atoms with E-state index in [2.05, 4.69) is 20.3 Å². The summed E-state index contributed by atoms with van der Waals surface area (Å²) in [6.45, 7) is -0.387. The molecule has 8 nitrogen and oxygen atoms in total. The van der Waals surface area contributed by atoms with Gasteiger partial charge >= 0.3 is 0 Å². The number of likely N-dealkylation sites (tertiary alicyclic amines) is 1. The fourth-order valence-corrected chi connectivity index (χ4v) is 3.62. The standard InChI is InChI=1S/C22H18F2N6O2/c23-22(24)8-11-29(21(31)18-13-16(7-9-25-18)30-12-10-26-28-30)14-19(22)32-20-6-5-15-3-1-2-4-17(15)27-20/h1-7,9-10,12-13,19H,8,11,14H2/t19-/m0/s1. The largest absolute Gasteiger partial charge is 0.466 e. The molecule has 0 aliphatic carbocycles. The Morgan fingerprint density at radius 1 is 1.12 bits per heavy atom. The SMILES string of the molecule is O=C(c1cc(-n2ccnn2)ccn1)N1CCC(F)(F)[C@@H](Oc2ccc3ccccc3n2)C1. The van der Waals surface area contributed by atoms with Crippen LogP contribution in [0.1, 0.15) is 16.9 Å². The molecule has 1 atom stereocenters. The Morgan fingerprint density at radius 3 is 2.84 bits per heavy atom. The molecule has 5 rings (SSSR count). The average Bonchev–Trinajstić information content (AvgIpc) is 3.35. The minimum absolute atomic E-state index is 0.0916. The van der Waals surface area contributed by atoms with E-state index < -0.39 is 24.4 Å². The number of fused-ring (bicyclic) bond motifs is 1. The molecule has 0 N–H and O–H groups in total. The number of para-hydroxylation sites is 1. The van der Waals surface area contributed by atoms with E-state index >= 15 is 0 Å². The topological polar surface area (TPSA) is 86.0 Å². The third-order valence-electron chi connectivity index (χ3n) is 5.35. The highest BCUT2D eigenvalue weighted by Gasteiger charge is 2.47. The lowest BCUT2D eigenvalue weighted by Gasteiger charge is -2.37. The zero-order valence-electron chi connectivity index (χ0n) is 16.8. The Balaban J connectivity index is 1.36. The number of aromatic nitrogens is 5. The van der Waals surface area contributed by atoms with Gasteiger partial charge in [-0.1, -0.05) is 23.4 Å². The van der Waals surface area contributed by atoms with Gasteiger partial charge in [-0.15, -0.1) is 5.10 Å². The van der Waals surface area contributed by atoms with E-state index in [1.54, 1.807) is 36.5 Å². The van der Waals surface area contributed by atoms with Gasteiger partial charge in [-0.05, 0) is 24.3 Å². The van der Waals surface area contributed by atoms with E-state index in [1.165, 1.54) is 22.0 Å². The van der Waals surface area contributed by atoms with Crippen molar-refractivity contribution in [2.24, 2.45) is 0 Å². The molecular weight excluding hydrogens is 418 g/mol. The number of halogens is 2. The third kappa shape index (κ3) is 3.86. The van der Waals surface area contributed by atoms with E-state index in [9.17, 15) is 13.6 Å². The Bertz CT molecular complexity index is 1260. The van der Waals surface area contributed by atoms with Crippen LogP contribution in [0.5, 0.6) is 5.88 Å². The molecule has 1 saturated heterocycles. The van der Waals surface area contributed by atoms with Gasteiger partial charge in [-0.2, -0.15) is 0 Å². The molecule has 1 aromatic carbocycles. The summed E-state index contributed by atoms with van der Waals surface area (Å²) in [5.41, 5.74) is 1.37. The molecule has 1 fully saturated rings. The molecule has 1 aliphatic rings. The molecule has 0 bridgehead atoms. The van der Waals surface area contributed by atoms with E-state index in [-0.39, 0.29) is 24.7 Å². The van der Waals surface area contributed by atoms with Gasteiger partial charge in [0, 0.05) is 30.6 Å². The molecule has 1 amide bonds. The lowest BCUT2D eigenvalue weighted by atomic mass is 10.0. The van der Waals surface area contributed by atoms with Crippen LogP contribution in [0.4, 0.5) is 8.78 Å². The normalized spacial score (nSPS) is 17.9. The van der Waals surface area contributed by atoms with Crippen LogP contribution in [0.15, 0.2) is 67.1 Å². The lowest BCUT2D eigenvalue weighted by molar-refractivity contribution is -0.131. The summed E-state index contributed by atoms with van der Waals surface area (Å²) >= 11 is 0. The molecule has 3 aromatic heterocycles. The Kier molecular flexibility index (Phi) is 4.96. The van der Waals surface area contributed by atoms with E-state index in [0.717, 1.165) is 5.39 Å². The van der Waals surface area contributed by atoms with Gasteiger partial charge in [-0.3, -0.25) is 9.78 Å². The highest BCUT2D eigenvalue weighted by molar-refractivity contribution is 5.93. The van der Waals surface area contributed by atoms with E-state index in [0.29, 0.717) is 11.2 Å². The summed E-state index contributed by atoms with van der Waals surface area (Å²) in [5.74, 6) is -3.46. The Hall–Kier alpha value is -3.95. The number of amides is 1. The number of hydrogen-bond donors (Lipinski definition) is 0. The molecule has 10 heteroatoms. The first-order chi connectivity index (χ1) is 15.5. The first kappa shape index (κ1) is 20.0. The van der Waals surface area contributed by atoms with Crippen LogP contribution in [0, 0.1) is 0 Å². The number of ether oxygens (including phenoxy) is 1. The average molecular weight is 436 g/mol. The van der Waals surface area contributed by atoms with Crippen LogP contribution < -0.4 is 4.74 Å². The van der Waals surface area contributed by atoms with Crippen LogP contribution >= 0.6 is 0 Å². The van der Waals surface area contributed by atoms with Gasteiger partial charge in [-0.25, -0.2) is 18.4 Å². The number of nitrogens with zero attached hydrogens (tertiary/aromatic N) is 6. The number of pyridine rings is 2. The molecule has 4 heterocycles. The number of benzene rings is 1. The van der Waals surface area contributed by atoms with E-state index in [4.69, 9.17) is 4.74 Å². The van der Waals surface area contributed by atoms with Crippen LogP contribution in [0.3, 0.4) is 0 Å². The van der Waals surface area contributed by atoms with Crippen molar-refractivity contribution in [1.82, 2.24) is 29.9 Å². The second-order valence-corrected chi connectivity index (χ2v) is 7.46. The predicted molar refractivity (Wildman–Crippen MR) is 111 cm³/mol. The smallest absolute Gasteiger partial charge is 0.287 e. The van der Waals surface area contributed by atoms with Crippen LogP contribution in [-0.4, -0.2) is 60.9 Å². The van der Waals surface area contributed by atoms with Crippen LogP contribution in [0.2, 0.25) is 0 Å².